The number of piperidine rings is 3. The number of carbonyl (C=O) groups is 3. The number of amides is 3. The summed E-state index contributed by atoms with van der Waals surface area (Å²) in [7, 11) is 0. The fourth-order valence-corrected chi connectivity index (χ4v) is 5.52. The van der Waals surface area contributed by atoms with Crippen LogP contribution in [0, 0.1) is 11.8 Å². The van der Waals surface area contributed by atoms with Crippen LogP contribution < -0.4 is 5.32 Å². The molecule has 5 rings (SSSR count). The van der Waals surface area contributed by atoms with Crippen LogP contribution in [0.3, 0.4) is 0 Å². The molecular weight excluding hydrogens is 396 g/mol. The molecule has 0 aromatic carbocycles. The molecule has 3 fully saturated rings. The second-order valence-electron chi connectivity index (χ2n) is 8.76. The third kappa shape index (κ3) is 3.71. The highest BCUT2D eigenvalue weighted by molar-refractivity contribution is 5.94. The highest BCUT2D eigenvalue weighted by Crippen LogP contribution is 2.42. The number of hydrogen-bond acceptors (Lipinski definition) is 5. The number of likely N-dealkylation sites (tertiary alicyclic amines) is 1. The average Bonchev–Trinajstić information content (AvgIpc) is 3.33. The molecule has 31 heavy (non-hydrogen) atoms. The van der Waals surface area contributed by atoms with Crippen LogP contribution in [0.1, 0.15) is 41.6 Å². The number of nitrogens with one attached hydrogen (secondary N) is 1. The lowest BCUT2D eigenvalue weighted by molar-refractivity contribution is -0.159. The zero-order valence-electron chi connectivity index (χ0n) is 17.3. The van der Waals surface area contributed by atoms with E-state index in [4.69, 9.17) is 4.42 Å². The van der Waals surface area contributed by atoms with E-state index in [1.807, 2.05) is 21.9 Å². The first-order valence-corrected chi connectivity index (χ1v) is 10.9. The van der Waals surface area contributed by atoms with Crippen LogP contribution in [0.4, 0.5) is 0 Å². The predicted octanol–water partition coefficient (Wildman–Crippen LogP) is 1.83. The summed E-state index contributed by atoms with van der Waals surface area (Å²) in [5.74, 6) is -0.0360. The summed E-state index contributed by atoms with van der Waals surface area (Å²) in [6.07, 6.45) is 9.40. The lowest BCUT2D eigenvalue weighted by atomic mass is 9.71. The van der Waals surface area contributed by atoms with Crippen molar-refractivity contribution in [2.45, 2.75) is 44.3 Å². The summed E-state index contributed by atoms with van der Waals surface area (Å²) >= 11 is 0. The van der Waals surface area contributed by atoms with E-state index in [-0.39, 0.29) is 35.6 Å². The van der Waals surface area contributed by atoms with Crippen molar-refractivity contribution < 1.29 is 18.8 Å². The van der Waals surface area contributed by atoms with E-state index in [9.17, 15) is 14.4 Å². The summed E-state index contributed by atoms with van der Waals surface area (Å²) < 4.78 is 5.08. The summed E-state index contributed by atoms with van der Waals surface area (Å²) in [5, 5.41) is 3.02. The number of pyridine rings is 1. The van der Waals surface area contributed by atoms with Crippen molar-refractivity contribution >= 4 is 17.7 Å². The SMILES string of the molecule is O=C(NCc1ccncc1)[C@H]1[C@@H]2C[C@@H](CN(C(=O)c3ccoc3)C2)[C@@H]2CCCC(=O)N21. The maximum absolute atomic E-state index is 13.3. The first-order chi connectivity index (χ1) is 15.1. The molecule has 8 heteroatoms. The Morgan fingerprint density at radius 2 is 1.97 bits per heavy atom. The Balaban J connectivity index is 1.39. The molecule has 4 atom stereocenters. The van der Waals surface area contributed by atoms with Crippen LogP contribution in [-0.4, -0.2) is 57.7 Å². The number of rotatable bonds is 4. The number of hydrogen-bond donors (Lipinski definition) is 1. The van der Waals surface area contributed by atoms with E-state index < -0.39 is 6.04 Å². The third-order valence-electron chi connectivity index (χ3n) is 6.88. The molecule has 0 aliphatic carbocycles. The second-order valence-corrected chi connectivity index (χ2v) is 8.76. The van der Waals surface area contributed by atoms with Gasteiger partial charge in [0.2, 0.25) is 11.8 Å². The topological polar surface area (TPSA) is 95.7 Å². The second kappa shape index (κ2) is 8.17. The maximum atomic E-state index is 13.3. The molecule has 0 radical (unpaired) electrons. The van der Waals surface area contributed by atoms with Crippen LogP contribution in [0.5, 0.6) is 0 Å². The van der Waals surface area contributed by atoms with Gasteiger partial charge in [0.1, 0.15) is 12.3 Å². The van der Waals surface area contributed by atoms with Gasteiger partial charge in [-0.1, -0.05) is 0 Å². The summed E-state index contributed by atoms with van der Waals surface area (Å²) in [5.41, 5.74) is 1.48. The van der Waals surface area contributed by atoms with Gasteiger partial charge in [-0.3, -0.25) is 19.4 Å². The Morgan fingerprint density at radius 1 is 1.16 bits per heavy atom. The molecule has 0 saturated carbocycles. The number of fused-ring (bicyclic) bond motifs is 4. The van der Waals surface area contributed by atoms with Crippen molar-refractivity contribution in [1.29, 1.82) is 0 Å². The van der Waals surface area contributed by atoms with E-state index in [2.05, 4.69) is 10.3 Å². The van der Waals surface area contributed by atoms with Gasteiger partial charge in [0, 0.05) is 50.4 Å². The minimum absolute atomic E-state index is 0.00845. The molecule has 0 unspecified atom stereocenters. The first-order valence-electron chi connectivity index (χ1n) is 10.9. The van der Waals surface area contributed by atoms with Crippen LogP contribution >= 0.6 is 0 Å². The molecule has 5 heterocycles. The van der Waals surface area contributed by atoms with E-state index in [0.717, 1.165) is 24.8 Å². The van der Waals surface area contributed by atoms with Gasteiger partial charge < -0.3 is 19.5 Å². The van der Waals surface area contributed by atoms with Gasteiger partial charge in [-0.15, -0.1) is 0 Å². The fourth-order valence-electron chi connectivity index (χ4n) is 5.52. The molecule has 0 spiro atoms. The van der Waals surface area contributed by atoms with E-state index >= 15 is 0 Å². The van der Waals surface area contributed by atoms with Crippen molar-refractivity contribution in [3.8, 4) is 0 Å². The maximum Gasteiger partial charge on any atom is 0.257 e. The summed E-state index contributed by atoms with van der Waals surface area (Å²) in [4.78, 5) is 46.9. The molecule has 3 amide bonds. The van der Waals surface area contributed by atoms with Crippen molar-refractivity contribution in [1.82, 2.24) is 20.1 Å². The zero-order valence-corrected chi connectivity index (χ0v) is 17.3. The first kappa shape index (κ1) is 19.8. The largest absolute Gasteiger partial charge is 0.472 e. The van der Waals surface area contributed by atoms with Crippen molar-refractivity contribution in [3.05, 3.63) is 54.2 Å². The molecule has 2 aromatic heterocycles. The Kier molecular flexibility index (Phi) is 5.21. The molecule has 3 aliphatic heterocycles. The highest BCUT2D eigenvalue weighted by Gasteiger charge is 2.52. The summed E-state index contributed by atoms with van der Waals surface area (Å²) in [6, 6.07) is 4.85. The van der Waals surface area contributed by atoms with Gasteiger partial charge in [-0.2, -0.15) is 0 Å². The minimum Gasteiger partial charge on any atom is -0.472 e. The minimum atomic E-state index is -0.546. The van der Waals surface area contributed by atoms with E-state index in [1.54, 1.807) is 18.5 Å². The lowest BCUT2D eigenvalue weighted by Gasteiger charge is -2.55. The number of furan rings is 1. The van der Waals surface area contributed by atoms with Crippen LogP contribution in [-0.2, 0) is 16.1 Å². The Morgan fingerprint density at radius 3 is 2.74 bits per heavy atom. The number of aromatic nitrogens is 1. The van der Waals surface area contributed by atoms with Crippen molar-refractivity contribution in [3.63, 3.8) is 0 Å². The number of carbonyl (C=O) groups excluding carboxylic acids is 3. The van der Waals surface area contributed by atoms with Crippen LogP contribution in [0.25, 0.3) is 0 Å². The molecule has 162 valence electrons. The molecule has 1 N–H and O–H groups in total. The van der Waals surface area contributed by atoms with Gasteiger partial charge in [0.15, 0.2) is 0 Å². The number of nitrogens with zero attached hydrogens (tertiary/aromatic N) is 3. The average molecular weight is 422 g/mol. The van der Waals surface area contributed by atoms with Crippen molar-refractivity contribution in [2.24, 2.45) is 11.8 Å². The van der Waals surface area contributed by atoms with Crippen LogP contribution in [0.2, 0.25) is 0 Å². The summed E-state index contributed by atoms with van der Waals surface area (Å²) in [6.45, 7) is 1.46. The Labute approximate surface area is 180 Å². The molecular formula is C23H26N4O4. The Hall–Kier alpha value is -3.16. The van der Waals surface area contributed by atoms with E-state index in [1.165, 1.54) is 12.5 Å². The van der Waals surface area contributed by atoms with Gasteiger partial charge in [-0.25, -0.2) is 0 Å². The van der Waals surface area contributed by atoms with Gasteiger partial charge in [0.05, 0.1) is 11.8 Å². The smallest absolute Gasteiger partial charge is 0.257 e. The normalized spacial score (nSPS) is 27.5. The zero-order chi connectivity index (χ0) is 21.4. The third-order valence-corrected chi connectivity index (χ3v) is 6.88. The fraction of sp³-hybridized carbons (Fsp3) is 0.478. The molecule has 2 bridgehead atoms. The quantitative estimate of drug-likeness (QED) is 0.811. The standard InChI is InChI=1S/C23H26N4O4/c28-20-3-1-2-19-17-10-18(13-26(12-17)23(30)16-6-9-31-14-16)21(27(19)20)22(29)25-11-15-4-7-24-8-5-15/h4-9,14,17-19,21H,1-3,10-13H2,(H,25,29)/t17-,18+,19-,21+/m0/s1. The molecule has 8 nitrogen and oxygen atoms in total. The van der Waals surface area contributed by atoms with Gasteiger partial charge in [-0.05, 0) is 48.9 Å². The predicted molar refractivity (Wildman–Crippen MR) is 111 cm³/mol. The van der Waals surface area contributed by atoms with Gasteiger partial charge in [0.25, 0.3) is 5.91 Å². The van der Waals surface area contributed by atoms with Gasteiger partial charge >= 0.3 is 0 Å². The van der Waals surface area contributed by atoms with E-state index in [0.29, 0.717) is 31.6 Å². The Bertz CT molecular complexity index is 961. The molecule has 3 aliphatic rings. The monoisotopic (exact) mass is 422 g/mol. The van der Waals surface area contributed by atoms with Crippen molar-refractivity contribution in [2.75, 3.05) is 13.1 Å². The van der Waals surface area contributed by atoms with Crippen LogP contribution in [0.15, 0.2) is 47.5 Å². The molecule has 2 aromatic rings. The molecule has 3 saturated heterocycles. The highest BCUT2D eigenvalue weighted by atomic mass is 16.3. The lowest BCUT2D eigenvalue weighted by Crippen LogP contribution is -2.68.